The number of aryl methyl sites for hydroxylation is 1. The van der Waals surface area contributed by atoms with Crippen LogP contribution in [0.5, 0.6) is 0 Å². The van der Waals surface area contributed by atoms with Gasteiger partial charge in [0.1, 0.15) is 12.1 Å². The van der Waals surface area contributed by atoms with E-state index >= 15 is 0 Å². The number of benzene rings is 1. The summed E-state index contributed by atoms with van der Waals surface area (Å²) in [4.78, 5) is 10.9. The van der Waals surface area contributed by atoms with Crippen LogP contribution >= 0.6 is 0 Å². The second-order valence-electron chi connectivity index (χ2n) is 5.98. The minimum Gasteiger partial charge on any atom is -0.373 e. The zero-order valence-corrected chi connectivity index (χ0v) is 13.7. The minimum absolute atomic E-state index is 0.902. The summed E-state index contributed by atoms with van der Waals surface area (Å²) < 4.78 is 0. The molecular weight excluding hydrogens is 284 g/mol. The summed E-state index contributed by atoms with van der Waals surface area (Å²) in [6.07, 6.45) is 9.38. The van der Waals surface area contributed by atoms with Crippen LogP contribution in [0.25, 0.3) is 0 Å². The lowest BCUT2D eigenvalue weighted by molar-refractivity contribution is 0.284. The number of rotatable bonds is 6. The molecule has 0 radical (unpaired) electrons. The molecule has 2 heterocycles. The highest BCUT2D eigenvalue weighted by Gasteiger charge is 2.14. The second-order valence-corrected chi connectivity index (χ2v) is 5.98. The molecule has 0 spiro atoms. The van der Waals surface area contributed by atoms with Crippen LogP contribution < -0.4 is 5.32 Å². The lowest BCUT2D eigenvalue weighted by Gasteiger charge is -2.26. The molecule has 0 atom stereocenters. The molecule has 1 N–H and O–H groups in total. The summed E-state index contributed by atoms with van der Waals surface area (Å²) in [5.74, 6) is 0.929. The summed E-state index contributed by atoms with van der Waals surface area (Å²) in [5.41, 5.74) is 4.18. The number of nitrogens with zero attached hydrogens (tertiary/aromatic N) is 3. The number of hydrogen-bond donors (Lipinski definition) is 1. The second kappa shape index (κ2) is 7.88. The first-order valence-corrected chi connectivity index (χ1v) is 8.26. The van der Waals surface area contributed by atoms with Crippen LogP contribution in [-0.2, 0) is 13.0 Å². The van der Waals surface area contributed by atoms with Gasteiger partial charge in [-0.25, -0.2) is 9.97 Å². The first-order valence-electron chi connectivity index (χ1n) is 8.26. The van der Waals surface area contributed by atoms with E-state index in [1.54, 1.807) is 11.9 Å². The quantitative estimate of drug-likeness (QED) is 0.832. The lowest BCUT2D eigenvalue weighted by atomic mass is 9.99. The molecule has 120 valence electrons. The Balaban J connectivity index is 1.52. The fourth-order valence-corrected chi connectivity index (χ4v) is 3.01. The molecule has 3 rings (SSSR count). The summed E-state index contributed by atoms with van der Waals surface area (Å²) in [5, 5.41) is 3.14. The molecule has 0 unspecified atom stereocenters. The number of anilines is 1. The summed E-state index contributed by atoms with van der Waals surface area (Å²) in [6, 6.07) is 10.7. The first kappa shape index (κ1) is 15.7. The van der Waals surface area contributed by atoms with Crippen molar-refractivity contribution in [1.29, 1.82) is 0 Å². The first-order chi connectivity index (χ1) is 11.3. The summed E-state index contributed by atoms with van der Waals surface area (Å²) in [6.45, 7) is 3.03. The predicted molar refractivity (Wildman–Crippen MR) is 94.3 cm³/mol. The maximum Gasteiger partial charge on any atom is 0.133 e. The molecule has 0 saturated carbocycles. The Morgan fingerprint density at radius 1 is 1.17 bits per heavy atom. The predicted octanol–water partition coefficient (Wildman–Crippen LogP) is 3.28. The smallest absolute Gasteiger partial charge is 0.133 e. The highest BCUT2D eigenvalue weighted by Crippen LogP contribution is 2.20. The highest BCUT2D eigenvalue weighted by atomic mass is 15.1. The van der Waals surface area contributed by atoms with Gasteiger partial charge in [-0.05, 0) is 24.8 Å². The van der Waals surface area contributed by atoms with Crippen molar-refractivity contribution in [1.82, 2.24) is 14.9 Å². The van der Waals surface area contributed by atoms with E-state index in [1.807, 2.05) is 13.2 Å². The molecule has 0 saturated heterocycles. The Morgan fingerprint density at radius 2 is 2.04 bits per heavy atom. The fourth-order valence-electron chi connectivity index (χ4n) is 3.01. The van der Waals surface area contributed by atoms with Crippen LogP contribution in [0.3, 0.4) is 0 Å². The molecule has 1 aromatic carbocycles. The average Bonchev–Trinajstić information content (AvgIpc) is 2.62. The summed E-state index contributed by atoms with van der Waals surface area (Å²) >= 11 is 0. The number of aromatic nitrogens is 2. The van der Waals surface area contributed by atoms with E-state index in [-0.39, 0.29) is 0 Å². The van der Waals surface area contributed by atoms with Crippen molar-refractivity contribution in [3.05, 3.63) is 65.6 Å². The van der Waals surface area contributed by atoms with E-state index in [9.17, 15) is 0 Å². The van der Waals surface area contributed by atoms with Crippen LogP contribution in [0.2, 0.25) is 0 Å². The van der Waals surface area contributed by atoms with Crippen LogP contribution in [-0.4, -0.2) is 35.0 Å². The van der Waals surface area contributed by atoms with Crippen LogP contribution in [0, 0.1) is 0 Å². The van der Waals surface area contributed by atoms with Gasteiger partial charge in [0.05, 0.1) is 0 Å². The van der Waals surface area contributed by atoms with E-state index in [4.69, 9.17) is 0 Å². The third kappa shape index (κ3) is 4.39. The SMILES string of the molecule is CNc1ncncc1CN1CC=C(CCc2ccccc2)CC1. The van der Waals surface area contributed by atoms with E-state index in [0.29, 0.717) is 0 Å². The normalized spacial score (nSPS) is 15.3. The minimum atomic E-state index is 0.902. The molecule has 1 aliphatic heterocycles. The van der Waals surface area contributed by atoms with E-state index in [0.717, 1.165) is 43.9 Å². The van der Waals surface area contributed by atoms with E-state index < -0.39 is 0 Å². The molecule has 0 amide bonds. The van der Waals surface area contributed by atoms with Gasteiger partial charge in [0.2, 0.25) is 0 Å². The number of hydrogen-bond acceptors (Lipinski definition) is 4. The van der Waals surface area contributed by atoms with Crippen molar-refractivity contribution in [2.24, 2.45) is 0 Å². The zero-order valence-electron chi connectivity index (χ0n) is 13.7. The largest absolute Gasteiger partial charge is 0.373 e. The maximum atomic E-state index is 4.28. The maximum absolute atomic E-state index is 4.28. The standard InChI is InChI=1S/C19H24N4/c1-20-19-18(13-21-15-22-19)14-23-11-9-17(10-12-23)8-7-16-5-3-2-4-6-16/h2-6,9,13,15H,7-8,10-12,14H2,1H3,(H,20,21,22). The van der Waals surface area contributed by atoms with Gasteiger partial charge in [0, 0.05) is 38.4 Å². The molecule has 4 heteroatoms. The third-order valence-electron chi connectivity index (χ3n) is 4.38. The Morgan fingerprint density at radius 3 is 2.78 bits per heavy atom. The average molecular weight is 308 g/mol. The van der Waals surface area contributed by atoms with Crippen molar-refractivity contribution < 1.29 is 0 Å². The van der Waals surface area contributed by atoms with Crippen molar-refractivity contribution in [2.75, 3.05) is 25.5 Å². The molecule has 0 aliphatic carbocycles. The van der Waals surface area contributed by atoms with Crippen LogP contribution in [0.4, 0.5) is 5.82 Å². The van der Waals surface area contributed by atoms with Crippen molar-refractivity contribution >= 4 is 5.82 Å². The highest BCUT2D eigenvalue weighted by molar-refractivity contribution is 5.41. The molecule has 4 nitrogen and oxygen atoms in total. The molecule has 1 aliphatic rings. The Kier molecular flexibility index (Phi) is 5.37. The monoisotopic (exact) mass is 308 g/mol. The Bertz CT molecular complexity index is 651. The molecular formula is C19H24N4. The van der Waals surface area contributed by atoms with Crippen molar-refractivity contribution in [2.45, 2.75) is 25.8 Å². The number of nitrogens with one attached hydrogen (secondary N) is 1. The van der Waals surface area contributed by atoms with Gasteiger partial charge in [0.15, 0.2) is 0 Å². The van der Waals surface area contributed by atoms with Gasteiger partial charge in [-0.15, -0.1) is 0 Å². The Labute approximate surface area is 138 Å². The van der Waals surface area contributed by atoms with Crippen molar-refractivity contribution in [3.8, 4) is 0 Å². The molecule has 0 fully saturated rings. The molecule has 23 heavy (non-hydrogen) atoms. The third-order valence-corrected chi connectivity index (χ3v) is 4.38. The van der Waals surface area contributed by atoms with Crippen LogP contribution in [0.15, 0.2) is 54.5 Å². The van der Waals surface area contributed by atoms with E-state index in [1.165, 1.54) is 12.0 Å². The molecule has 1 aromatic heterocycles. The molecule has 0 bridgehead atoms. The Hall–Kier alpha value is -2.20. The van der Waals surface area contributed by atoms with Gasteiger partial charge in [-0.2, -0.15) is 0 Å². The van der Waals surface area contributed by atoms with Gasteiger partial charge < -0.3 is 5.32 Å². The van der Waals surface area contributed by atoms with Gasteiger partial charge in [-0.3, -0.25) is 4.90 Å². The lowest BCUT2D eigenvalue weighted by Crippen LogP contribution is -2.28. The van der Waals surface area contributed by atoms with Crippen molar-refractivity contribution in [3.63, 3.8) is 0 Å². The van der Waals surface area contributed by atoms with Gasteiger partial charge >= 0.3 is 0 Å². The summed E-state index contributed by atoms with van der Waals surface area (Å²) in [7, 11) is 1.91. The van der Waals surface area contributed by atoms with Gasteiger partial charge in [-0.1, -0.05) is 42.0 Å². The molecule has 2 aromatic rings. The van der Waals surface area contributed by atoms with Gasteiger partial charge in [0.25, 0.3) is 0 Å². The van der Waals surface area contributed by atoms with E-state index in [2.05, 4.69) is 56.6 Å². The van der Waals surface area contributed by atoms with Crippen LogP contribution in [0.1, 0.15) is 24.0 Å². The topological polar surface area (TPSA) is 41.1 Å². The zero-order chi connectivity index (χ0) is 15.9. The fraction of sp³-hybridized carbons (Fsp3) is 0.368.